The molecule has 1 heterocycles. The van der Waals surface area contributed by atoms with Crippen LogP contribution in [-0.4, -0.2) is 62.5 Å². The Morgan fingerprint density at radius 2 is 1.18 bits per heavy atom. The van der Waals surface area contributed by atoms with E-state index in [9.17, 15) is 14.4 Å². The summed E-state index contributed by atoms with van der Waals surface area (Å²) in [5, 5.41) is 1.81. The molecule has 0 aromatic heterocycles. The molecular weight excluding hydrogens is 753 g/mol. The molecule has 0 amide bonds. The summed E-state index contributed by atoms with van der Waals surface area (Å²) in [6.07, 6.45) is -4.11. The number of esters is 2. The van der Waals surface area contributed by atoms with E-state index in [0.29, 0.717) is 5.56 Å². The van der Waals surface area contributed by atoms with Crippen molar-refractivity contribution in [3.05, 3.63) is 163 Å². The van der Waals surface area contributed by atoms with Gasteiger partial charge in [0.1, 0.15) is 23.4 Å². The van der Waals surface area contributed by atoms with Crippen molar-refractivity contribution in [3.63, 3.8) is 0 Å². The number of rotatable bonds is 16. The van der Waals surface area contributed by atoms with E-state index < -0.39 is 50.1 Å². The third-order valence-corrected chi connectivity index (χ3v) is 16.1. The van der Waals surface area contributed by atoms with Crippen LogP contribution >= 0.6 is 11.8 Å². The second-order valence-corrected chi connectivity index (χ2v) is 20.6. The van der Waals surface area contributed by atoms with Crippen LogP contribution in [0.4, 0.5) is 0 Å². The van der Waals surface area contributed by atoms with Gasteiger partial charge in [-0.2, -0.15) is 0 Å². The van der Waals surface area contributed by atoms with E-state index in [1.165, 1.54) is 18.7 Å². The Bertz CT molecular complexity index is 1990. The zero-order chi connectivity index (χ0) is 40.3. The number of ether oxygens (including phenoxy) is 4. The van der Waals surface area contributed by atoms with Gasteiger partial charge in [0.25, 0.3) is 8.32 Å². The van der Waals surface area contributed by atoms with E-state index in [0.717, 1.165) is 20.8 Å². The number of carbonyl (C=O) groups excluding carboxylic acids is 3. The first kappa shape index (κ1) is 41.8. The molecule has 10 heteroatoms. The fourth-order valence-corrected chi connectivity index (χ4v) is 12.9. The molecule has 0 unspecified atom stereocenters. The highest BCUT2D eigenvalue weighted by molar-refractivity contribution is 7.99. The van der Waals surface area contributed by atoms with Crippen molar-refractivity contribution in [3.8, 4) is 0 Å². The molecule has 0 bridgehead atoms. The molecule has 0 N–H and O–H groups in total. The molecule has 0 aliphatic carbocycles. The standard InChI is InChI=1S/C47H50O8SSi/c1-34(48)30-31-41(49)54-42-40(33-52-57(47(2,3)4,38-26-16-8-17-27-38)39-28-18-9-19-29-39)53-46(56-37-24-14-7-15-25-37)44(55-45(50)36-22-12-6-13-23-36)43(42)51-32-35-20-10-5-11-21-35/h5-29,40,42-44,46H,30-33H2,1-4H3/t40-,42+,43-,44+,46-/m0/s1. The van der Waals surface area contributed by atoms with E-state index in [1.807, 2.05) is 103 Å². The molecule has 8 nitrogen and oxygen atoms in total. The smallest absolute Gasteiger partial charge is 0.338 e. The van der Waals surface area contributed by atoms with E-state index in [2.05, 4.69) is 45.0 Å². The highest BCUT2D eigenvalue weighted by atomic mass is 32.2. The summed E-state index contributed by atoms with van der Waals surface area (Å²) in [5.74, 6) is -1.30. The first-order valence-electron chi connectivity index (χ1n) is 19.3. The average molecular weight is 803 g/mol. The number of Topliss-reactive ketones (excluding diaryl/α,β-unsaturated/α-hetero) is 1. The number of benzene rings is 5. The summed E-state index contributed by atoms with van der Waals surface area (Å²) < 4.78 is 33.9. The Hall–Kier alpha value is -4.84. The minimum absolute atomic E-state index is 0.0179. The first-order chi connectivity index (χ1) is 27.5. The number of carbonyl (C=O) groups is 3. The average Bonchev–Trinajstić information content (AvgIpc) is 3.22. The maximum atomic E-state index is 13.9. The van der Waals surface area contributed by atoms with E-state index in [-0.39, 0.29) is 36.9 Å². The maximum Gasteiger partial charge on any atom is 0.338 e. The Balaban J connectivity index is 1.46. The molecule has 5 aromatic carbocycles. The van der Waals surface area contributed by atoms with Crippen molar-refractivity contribution >= 4 is 48.2 Å². The van der Waals surface area contributed by atoms with Crippen LogP contribution in [0.5, 0.6) is 0 Å². The lowest BCUT2D eigenvalue weighted by Crippen LogP contribution is -2.68. The molecule has 1 saturated heterocycles. The van der Waals surface area contributed by atoms with Gasteiger partial charge in [-0.15, -0.1) is 0 Å². The highest BCUT2D eigenvalue weighted by Gasteiger charge is 2.55. The van der Waals surface area contributed by atoms with Crippen LogP contribution in [0.3, 0.4) is 0 Å². The van der Waals surface area contributed by atoms with E-state index in [1.54, 1.807) is 24.3 Å². The quantitative estimate of drug-likeness (QED) is 0.0723. The van der Waals surface area contributed by atoms with Gasteiger partial charge in [-0.25, -0.2) is 4.79 Å². The van der Waals surface area contributed by atoms with Crippen molar-refractivity contribution in [1.82, 2.24) is 0 Å². The van der Waals surface area contributed by atoms with Crippen molar-refractivity contribution < 1.29 is 37.8 Å². The molecule has 5 atom stereocenters. The minimum Gasteiger partial charge on any atom is -0.457 e. The molecule has 1 aliphatic rings. The summed E-state index contributed by atoms with van der Waals surface area (Å²) in [7, 11) is -3.11. The molecule has 1 fully saturated rings. The third kappa shape index (κ3) is 10.6. The maximum absolute atomic E-state index is 13.9. The third-order valence-electron chi connectivity index (χ3n) is 9.95. The predicted octanol–water partition coefficient (Wildman–Crippen LogP) is 8.17. The van der Waals surface area contributed by atoms with Crippen molar-refractivity contribution in [2.24, 2.45) is 0 Å². The molecule has 57 heavy (non-hydrogen) atoms. The Labute approximate surface area is 341 Å². The summed E-state index contributed by atoms with van der Waals surface area (Å²) in [5.41, 5.74) is 0.432. The first-order valence-corrected chi connectivity index (χ1v) is 22.1. The molecule has 0 radical (unpaired) electrons. The van der Waals surface area contributed by atoms with Crippen LogP contribution in [0.1, 0.15) is 56.5 Å². The Kier molecular flexibility index (Phi) is 14.3. The molecule has 0 spiro atoms. The lowest BCUT2D eigenvalue weighted by atomic mass is 9.99. The normalized spacial score (nSPS) is 19.7. The molecular formula is C47H50O8SSi. The summed E-state index contributed by atoms with van der Waals surface area (Å²) >= 11 is 1.40. The van der Waals surface area contributed by atoms with Gasteiger partial charge in [-0.3, -0.25) is 4.79 Å². The van der Waals surface area contributed by atoms with Gasteiger partial charge in [-0.05, 0) is 52.2 Å². The fourth-order valence-electron chi connectivity index (χ4n) is 7.19. The second kappa shape index (κ2) is 19.5. The van der Waals surface area contributed by atoms with Gasteiger partial charge in [0, 0.05) is 11.3 Å². The monoisotopic (exact) mass is 802 g/mol. The van der Waals surface area contributed by atoms with E-state index >= 15 is 0 Å². The summed E-state index contributed by atoms with van der Waals surface area (Å²) in [6.45, 7) is 8.18. The van der Waals surface area contributed by atoms with E-state index in [4.69, 9.17) is 23.4 Å². The largest absolute Gasteiger partial charge is 0.457 e. The van der Waals surface area contributed by atoms with Crippen LogP contribution in [0.2, 0.25) is 5.04 Å². The highest BCUT2D eigenvalue weighted by Crippen LogP contribution is 2.41. The topological polar surface area (TPSA) is 97.4 Å². The van der Waals surface area contributed by atoms with Crippen LogP contribution < -0.4 is 10.4 Å². The van der Waals surface area contributed by atoms with Gasteiger partial charge in [0.2, 0.25) is 0 Å². The SMILES string of the molecule is CC(=O)CCC(=O)O[C@H]1[C@H](OCc2ccccc2)[C@@H](OC(=O)c2ccccc2)[C@H](Sc2ccccc2)O[C@H]1CO[Si](c1ccccc1)(c1ccccc1)C(C)(C)C. The molecule has 6 rings (SSSR count). The van der Waals surface area contributed by atoms with Gasteiger partial charge in [0.05, 0.1) is 25.2 Å². The Morgan fingerprint density at radius 3 is 1.72 bits per heavy atom. The number of thioether (sulfide) groups is 1. The number of hydrogen-bond acceptors (Lipinski definition) is 9. The van der Waals surface area contributed by atoms with Crippen molar-refractivity contribution in [2.45, 2.75) is 86.9 Å². The van der Waals surface area contributed by atoms with Gasteiger partial charge < -0.3 is 28.2 Å². The van der Waals surface area contributed by atoms with Crippen LogP contribution in [0.25, 0.3) is 0 Å². The van der Waals surface area contributed by atoms with Crippen molar-refractivity contribution in [1.29, 1.82) is 0 Å². The Morgan fingerprint density at radius 1 is 0.649 bits per heavy atom. The van der Waals surface area contributed by atoms with Crippen molar-refractivity contribution in [2.75, 3.05) is 6.61 Å². The number of ketones is 1. The molecule has 0 saturated carbocycles. The lowest BCUT2D eigenvalue weighted by molar-refractivity contribution is -0.233. The summed E-state index contributed by atoms with van der Waals surface area (Å²) in [4.78, 5) is 40.4. The second-order valence-electron chi connectivity index (χ2n) is 15.1. The molecule has 5 aromatic rings. The minimum atomic E-state index is -3.11. The number of hydrogen-bond donors (Lipinski definition) is 0. The zero-order valence-corrected chi connectivity index (χ0v) is 34.6. The summed E-state index contributed by atoms with van der Waals surface area (Å²) in [6, 6.07) is 48.7. The fraction of sp³-hybridized carbons (Fsp3) is 0.298. The molecule has 296 valence electrons. The van der Waals surface area contributed by atoms with Gasteiger partial charge in [-0.1, -0.05) is 160 Å². The van der Waals surface area contributed by atoms with Crippen LogP contribution in [-0.2, 0) is 39.6 Å². The van der Waals surface area contributed by atoms with Crippen LogP contribution in [0, 0.1) is 0 Å². The van der Waals surface area contributed by atoms with Crippen LogP contribution in [0.15, 0.2) is 157 Å². The predicted molar refractivity (Wildman–Crippen MR) is 225 cm³/mol. The molecule has 1 aliphatic heterocycles. The van der Waals surface area contributed by atoms with Gasteiger partial charge in [0.15, 0.2) is 12.2 Å². The van der Waals surface area contributed by atoms with Gasteiger partial charge >= 0.3 is 11.9 Å². The lowest BCUT2D eigenvalue weighted by Gasteiger charge is -2.47. The zero-order valence-electron chi connectivity index (χ0n) is 32.8.